The van der Waals surface area contributed by atoms with Gasteiger partial charge in [0.1, 0.15) is 5.75 Å². The quantitative estimate of drug-likeness (QED) is 0.496. The third kappa shape index (κ3) is 4.37. The molecule has 8 heteroatoms. The van der Waals surface area contributed by atoms with Crippen molar-refractivity contribution in [3.63, 3.8) is 0 Å². The minimum Gasteiger partial charge on any atom is -0.497 e. The molecule has 4 aromatic rings. The lowest BCUT2D eigenvalue weighted by molar-refractivity contribution is -0.115. The summed E-state index contributed by atoms with van der Waals surface area (Å²) in [6, 6.07) is 17.8. The lowest BCUT2D eigenvalue weighted by Gasteiger charge is -2.08. The van der Waals surface area contributed by atoms with Crippen LogP contribution in [-0.2, 0) is 4.79 Å². The Kier molecular flexibility index (Phi) is 5.61. The fourth-order valence-corrected chi connectivity index (χ4v) is 3.06. The summed E-state index contributed by atoms with van der Waals surface area (Å²) in [6.07, 6.45) is 2.18. The summed E-state index contributed by atoms with van der Waals surface area (Å²) in [4.78, 5) is 24.2. The van der Waals surface area contributed by atoms with Gasteiger partial charge in [0.15, 0.2) is 11.5 Å². The largest absolute Gasteiger partial charge is 0.497 e. The highest BCUT2D eigenvalue weighted by Crippen LogP contribution is 2.22. The van der Waals surface area contributed by atoms with Crippen LogP contribution in [0.2, 0.25) is 0 Å². The first kappa shape index (κ1) is 20.1. The van der Waals surface area contributed by atoms with Crippen LogP contribution >= 0.6 is 0 Å². The lowest BCUT2D eigenvalue weighted by Crippen LogP contribution is -2.11. The molecule has 156 valence electrons. The SMILES string of the molecule is CCC(=O)Nc1ccc2nnc(-c3ccc(C(=O)Nc4ccc(OC)cc4)cc3)n2c1. The summed E-state index contributed by atoms with van der Waals surface area (Å²) in [7, 11) is 1.59. The Balaban J connectivity index is 1.54. The van der Waals surface area contributed by atoms with E-state index >= 15 is 0 Å². The number of benzene rings is 2. The molecule has 2 aromatic heterocycles. The fourth-order valence-electron chi connectivity index (χ4n) is 3.06. The average Bonchev–Trinajstić information content (AvgIpc) is 3.23. The third-order valence-electron chi connectivity index (χ3n) is 4.76. The predicted molar refractivity (Wildman–Crippen MR) is 118 cm³/mol. The number of hydrogen-bond acceptors (Lipinski definition) is 5. The number of rotatable bonds is 6. The van der Waals surface area contributed by atoms with Crippen LogP contribution in [0.15, 0.2) is 66.9 Å². The van der Waals surface area contributed by atoms with E-state index in [1.54, 1.807) is 73.2 Å². The van der Waals surface area contributed by atoms with Crippen molar-refractivity contribution in [3.05, 3.63) is 72.4 Å². The number of anilines is 2. The van der Waals surface area contributed by atoms with E-state index in [-0.39, 0.29) is 11.8 Å². The van der Waals surface area contributed by atoms with Crippen LogP contribution in [0, 0.1) is 0 Å². The monoisotopic (exact) mass is 415 g/mol. The highest BCUT2D eigenvalue weighted by atomic mass is 16.5. The highest BCUT2D eigenvalue weighted by molar-refractivity contribution is 6.04. The van der Waals surface area contributed by atoms with E-state index in [1.165, 1.54) is 0 Å². The number of carbonyl (C=O) groups is 2. The second-order valence-corrected chi connectivity index (χ2v) is 6.83. The molecule has 0 radical (unpaired) electrons. The standard InChI is InChI=1S/C23H21N5O3/c1-3-21(29)24-18-10-13-20-26-27-22(28(20)14-18)15-4-6-16(7-5-15)23(30)25-17-8-11-19(31-2)12-9-17/h4-14H,3H2,1-2H3,(H,24,29)(H,25,30). The Morgan fingerprint density at radius 1 is 0.903 bits per heavy atom. The van der Waals surface area contributed by atoms with Gasteiger partial charge in [0.05, 0.1) is 12.8 Å². The van der Waals surface area contributed by atoms with Crippen LogP contribution in [0.25, 0.3) is 17.0 Å². The Bertz CT molecular complexity index is 1230. The van der Waals surface area contributed by atoms with Gasteiger partial charge in [-0.25, -0.2) is 0 Å². The fraction of sp³-hybridized carbons (Fsp3) is 0.130. The van der Waals surface area contributed by atoms with Crippen LogP contribution in [0.1, 0.15) is 23.7 Å². The van der Waals surface area contributed by atoms with Gasteiger partial charge in [-0.2, -0.15) is 0 Å². The van der Waals surface area contributed by atoms with Crippen molar-refractivity contribution in [3.8, 4) is 17.1 Å². The van der Waals surface area contributed by atoms with Crippen molar-refractivity contribution >= 4 is 28.8 Å². The second-order valence-electron chi connectivity index (χ2n) is 6.83. The molecule has 4 rings (SSSR count). The summed E-state index contributed by atoms with van der Waals surface area (Å²) >= 11 is 0. The molecule has 0 atom stereocenters. The number of hydrogen-bond donors (Lipinski definition) is 2. The molecule has 2 amide bonds. The molecule has 0 saturated carbocycles. The first-order valence-electron chi connectivity index (χ1n) is 9.78. The molecule has 0 saturated heterocycles. The number of aromatic nitrogens is 3. The Morgan fingerprint density at radius 2 is 1.61 bits per heavy atom. The van der Waals surface area contributed by atoms with Crippen LogP contribution in [0.4, 0.5) is 11.4 Å². The van der Waals surface area contributed by atoms with E-state index < -0.39 is 0 Å². The molecule has 0 aliphatic rings. The zero-order chi connectivity index (χ0) is 21.8. The number of nitrogens with zero attached hydrogens (tertiary/aromatic N) is 3. The maximum absolute atomic E-state index is 12.5. The molecule has 0 fully saturated rings. The van der Waals surface area contributed by atoms with Gasteiger partial charge in [0, 0.05) is 29.4 Å². The summed E-state index contributed by atoms with van der Waals surface area (Å²) in [5.41, 5.74) is 3.32. The van der Waals surface area contributed by atoms with Crippen LogP contribution < -0.4 is 15.4 Å². The predicted octanol–water partition coefficient (Wildman–Crippen LogP) is 4.01. The summed E-state index contributed by atoms with van der Waals surface area (Å²) < 4.78 is 6.93. The van der Waals surface area contributed by atoms with Crippen molar-refractivity contribution in [1.82, 2.24) is 14.6 Å². The maximum atomic E-state index is 12.5. The zero-order valence-corrected chi connectivity index (χ0v) is 17.1. The summed E-state index contributed by atoms with van der Waals surface area (Å²) in [5.74, 6) is 1.05. The number of nitrogens with one attached hydrogen (secondary N) is 2. The molecule has 31 heavy (non-hydrogen) atoms. The maximum Gasteiger partial charge on any atom is 0.255 e. The van der Waals surface area contributed by atoms with Gasteiger partial charge in [0.2, 0.25) is 5.91 Å². The van der Waals surface area contributed by atoms with Gasteiger partial charge in [-0.15, -0.1) is 10.2 Å². The van der Waals surface area contributed by atoms with Gasteiger partial charge in [-0.1, -0.05) is 19.1 Å². The van der Waals surface area contributed by atoms with E-state index in [0.29, 0.717) is 34.8 Å². The van der Waals surface area contributed by atoms with Crippen molar-refractivity contribution in [2.45, 2.75) is 13.3 Å². The molecular formula is C23H21N5O3. The average molecular weight is 415 g/mol. The summed E-state index contributed by atoms with van der Waals surface area (Å²) in [6.45, 7) is 1.80. The van der Waals surface area contributed by atoms with Gasteiger partial charge in [-0.3, -0.25) is 14.0 Å². The first-order valence-corrected chi connectivity index (χ1v) is 9.78. The van der Waals surface area contributed by atoms with Crippen molar-refractivity contribution in [2.24, 2.45) is 0 Å². The Morgan fingerprint density at radius 3 is 2.29 bits per heavy atom. The number of pyridine rings is 1. The molecule has 2 N–H and O–H groups in total. The number of carbonyl (C=O) groups excluding carboxylic acids is 2. The van der Waals surface area contributed by atoms with E-state index in [4.69, 9.17) is 4.74 Å². The van der Waals surface area contributed by atoms with Crippen LogP contribution in [0.3, 0.4) is 0 Å². The minimum atomic E-state index is -0.215. The number of fused-ring (bicyclic) bond motifs is 1. The Hall–Kier alpha value is -4.20. The first-order chi connectivity index (χ1) is 15.1. The van der Waals surface area contributed by atoms with Crippen LogP contribution in [-0.4, -0.2) is 33.5 Å². The molecule has 2 heterocycles. The minimum absolute atomic E-state index is 0.0683. The normalized spacial score (nSPS) is 10.6. The van der Waals surface area contributed by atoms with Crippen molar-refractivity contribution in [1.29, 1.82) is 0 Å². The van der Waals surface area contributed by atoms with Crippen LogP contribution in [0.5, 0.6) is 5.75 Å². The van der Waals surface area contributed by atoms with Gasteiger partial charge >= 0.3 is 0 Å². The molecule has 0 bridgehead atoms. The molecule has 2 aromatic carbocycles. The van der Waals surface area contributed by atoms with Crippen molar-refractivity contribution < 1.29 is 14.3 Å². The molecular weight excluding hydrogens is 394 g/mol. The summed E-state index contributed by atoms with van der Waals surface area (Å²) in [5, 5.41) is 14.1. The zero-order valence-electron chi connectivity index (χ0n) is 17.1. The van der Waals surface area contributed by atoms with E-state index in [0.717, 1.165) is 11.3 Å². The smallest absolute Gasteiger partial charge is 0.255 e. The second kappa shape index (κ2) is 8.66. The van der Waals surface area contributed by atoms with E-state index in [1.807, 2.05) is 12.1 Å². The molecule has 0 aliphatic carbocycles. The van der Waals surface area contributed by atoms with E-state index in [2.05, 4.69) is 20.8 Å². The molecule has 0 aliphatic heterocycles. The van der Waals surface area contributed by atoms with Gasteiger partial charge in [-0.05, 0) is 48.5 Å². The number of amides is 2. The van der Waals surface area contributed by atoms with Crippen molar-refractivity contribution in [2.75, 3.05) is 17.7 Å². The Labute approximate surface area is 178 Å². The lowest BCUT2D eigenvalue weighted by atomic mass is 10.1. The number of ether oxygens (including phenoxy) is 1. The number of methoxy groups -OCH3 is 1. The van der Waals surface area contributed by atoms with Gasteiger partial charge < -0.3 is 15.4 Å². The molecule has 8 nitrogen and oxygen atoms in total. The topological polar surface area (TPSA) is 97.6 Å². The molecule has 0 spiro atoms. The third-order valence-corrected chi connectivity index (χ3v) is 4.76. The molecule has 0 unspecified atom stereocenters. The highest BCUT2D eigenvalue weighted by Gasteiger charge is 2.12. The van der Waals surface area contributed by atoms with Gasteiger partial charge in [0.25, 0.3) is 5.91 Å². The van der Waals surface area contributed by atoms with E-state index in [9.17, 15) is 9.59 Å².